The minimum atomic E-state index is -0.477. The average Bonchev–Trinajstić information content (AvgIpc) is 2.42. The van der Waals surface area contributed by atoms with Crippen LogP contribution in [0.2, 0.25) is 0 Å². The van der Waals surface area contributed by atoms with E-state index in [2.05, 4.69) is 10.3 Å². The molecule has 1 aliphatic rings. The van der Waals surface area contributed by atoms with Crippen molar-refractivity contribution < 1.29 is 9.59 Å². The number of pyridine rings is 1. The van der Waals surface area contributed by atoms with Crippen LogP contribution in [0.15, 0.2) is 24.4 Å². The molecule has 1 fully saturated rings. The topological polar surface area (TPSA) is 62.3 Å². The Morgan fingerprint density at radius 2 is 2.00 bits per heavy atom. The first kappa shape index (κ1) is 15.5. The Balaban J connectivity index is 2.34. The normalized spacial score (nSPS) is 23.1. The number of nitrogens with zero attached hydrogens (tertiary/aromatic N) is 2. The van der Waals surface area contributed by atoms with Gasteiger partial charge >= 0.3 is 0 Å². The predicted molar refractivity (Wildman–Crippen MR) is 80.3 cm³/mol. The van der Waals surface area contributed by atoms with Gasteiger partial charge < -0.3 is 10.2 Å². The summed E-state index contributed by atoms with van der Waals surface area (Å²) in [7, 11) is 0. The molecule has 0 aromatic carbocycles. The van der Waals surface area contributed by atoms with Gasteiger partial charge in [-0.3, -0.25) is 14.6 Å². The van der Waals surface area contributed by atoms with Gasteiger partial charge in [-0.15, -0.1) is 0 Å². The van der Waals surface area contributed by atoms with Crippen molar-refractivity contribution in [1.29, 1.82) is 0 Å². The van der Waals surface area contributed by atoms with Crippen molar-refractivity contribution in [3.05, 3.63) is 30.1 Å². The summed E-state index contributed by atoms with van der Waals surface area (Å²) < 4.78 is 0. The van der Waals surface area contributed by atoms with Gasteiger partial charge in [-0.1, -0.05) is 33.8 Å². The van der Waals surface area contributed by atoms with Crippen molar-refractivity contribution in [2.24, 2.45) is 5.41 Å². The van der Waals surface area contributed by atoms with Gasteiger partial charge in [0.25, 0.3) is 0 Å². The smallest absolute Gasteiger partial charge is 0.246 e. The molecule has 0 bridgehead atoms. The molecular formula is C16H23N3O2. The SMILES string of the molecule is CCC1NC(=O)C(C(C)(C)C)N(Cc2ccccn2)C1=O. The predicted octanol–water partition coefficient (Wildman–Crippen LogP) is 1.73. The number of rotatable bonds is 3. The quantitative estimate of drug-likeness (QED) is 0.922. The van der Waals surface area contributed by atoms with E-state index in [4.69, 9.17) is 0 Å². The largest absolute Gasteiger partial charge is 0.342 e. The standard InChI is InChI=1S/C16H23N3O2/c1-5-12-15(21)19(10-11-8-6-7-9-17-11)13(14(20)18-12)16(2,3)4/h6-9,12-13H,5,10H2,1-4H3,(H,18,20). The fourth-order valence-corrected chi connectivity index (χ4v) is 2.75. The zero-order valence-electron chi connectivity index (χ0n) is 13.1. The number of carbonyl (C=O) groups excluding carboxylic acids is 2. The highest BCUT2D eigenvalue weighted by molar-refractivity contribution is 5.97. The second-order valence-electron chi connectivity index (χ2n) is 6.53. The number of piperazine rings is 1. The second kappa shape index (κ2) is 5.84. The minimum absolute atomic E-state index is 0.0253. The summed E-state index contributed by atoms with van der Waals surface area (Å²) in [6.07, 6.45) is 2.30. The Hall–Kier alpha value is -1.91. The van der Waals surface area contributed by atoms with E-state index in [9.17, 15) is 9.59 Å². The number of aromatic nitrogens is 1. The molecule has 1 aliphatic heterocycles. The van der Waals surface area contributed by atoms with Crippen LogP contribution < -0.4 is 5.32 Å². The van der Waals surface area contributed by atoms with E-state index in [0.717, 1.165) is 5.69 Å². The van der Waals surface area contributed by atoms with Gasteiger partial charge in [0, 0.05) is 6.20 Å². The lowest BCUT2D eigenvalue weighted by Gasteiger charge is -2.44. The molecule has 0 spiro atoms. The highest BCUT2D eigenvalue weighted by Gasteiger charge is 2.45. The average molecular weight is 289 g/mol. The summed E-state index contributed by atoms with van der Waals surface area (Å²) in [5.74, 6) is -0.104. The van der Waals surface area contributed by atoms with Crippen LogP contribution >= 0.6 is 0 Å². The maximum atomic E-state index is 12.6. The third-order valence-electron chi connectivity index (χ3n) is 3.74. The van der Waals surface area contributed by atoms with Crippen LogP contribution in [0.25, 0.3) is 0 Å². The van der Waals surface area contributed by atoms with Gasteiger partial charge in [-0.2, -0.15) is 0 Å². The molecule has 1 saturated heterocycles. The monoisotopic (exact) mass is 289 g/mol. The summed E-state index contributed by atoms with van der Waals surface area (Å²) >= 11 is 0. The summed E-state index contributed by atoms with van der Waals surface area (Å²) in [4.78, 5) is 31.0. The van der Waals surface area contributed by atoms with E-state index < -0.39 is 12.1 Å². The van der Waals surface area contributed by atoms with Gasteiger partial charge in [0.15, 0.2) is 0 Å². The Bertz CT molecular complexity index is 522. The summed E-state index contributed by atoms with van der Waals surface area (Å²) in [5.41, 5.74) is 0.470. The zero-order chi connectivity index (χ0) is 15.6. The number of nitrogens with one attached hydrogen (secondary N) is 1. The summed E-state index contributed by atoms with van der Waals surface area (Å²) in [5, 5.41) is 2.84. The van der Waals surface area contributed by atoms with Crippen molar-refractivity contribution in [2.75, 3.05) is 0 Å². The molecule has 114 valence electrons. The molecule has 5 heteroatoms. The maximum Gasteiger partial charge on any atom is 0.246 e. The van der Waals surface area contributed by atoms with Crippen LogP contribution in [0.5, 0.6) is 0 Å². The lowest BCUT2D eigenvalue weighted by molar-refractivity contribution is -0.154. The molecule has 5 nitrogen and oxygen atoms in total. The first-order chi connectivity index (χ1) is 9.84. The molecule has 0 aliphatic carbocycles. The summed E-state index contributed by atoms with van der Waals surface area (Å²) in [6, 6.07) is 4.69. The molecule has 2 atom stereocenters. The summed E-state index contributed by atoms with van der Waals surface area (Å²) in [6.45, 7) is 8.19. The number of carbonyl (C=O) groups is 2. The highest BCUT2D eigenvalue weighted by Crippen LogP contribution is 2.29. The molecule has 2 heterocycles. The third kappa shape index (κ3) is 3.23. The van der Waals surface area contributed by atoms with Crippen molar-refractivity contribution >= 4 is 11.8 Å². The van der Waals surface area contributed by atoms with Crippen LogP contribution in [0.4, 0.5) is 0 Å². The Labute approximate surface area is 125 Å². The van der Waals surface area contributed by atoms with Gasteiger partial charge in [0.1, 0.15) is 12.1 Å². The van der Waals surface area contributed by atoms with Crippen LogP contribution in [0.3, 0.4) is 0 Å². The molecular weight excluding hydrogens is 266 g/mol. The fourth-order valence-electron chi connectivity index (χ4n) is 2.75. The lowest BCUT2D eigenvalue weighted by atomic mass is 9.83. The molecule has 0 saturated carbocycles. The van der Waals surface area contributed by atoms with Crippen molar-refractivity contribution in [1.82, 2.24) is 15.2 Å². The molecule has 2 rings (SSSR count). The van der Waals surface area contributed by atoms with Crippen molar-refractivity contribution in [3.63, 3.8) is 0 Å². The van der Waals surface area contributed by atoms with E-state index in [1.807, 2.05) is 45.9 Å². The molecule has 0 radical (unpaired) electrons. The fraction of sp³-hybridized carbons (Fsp3) is 0.562. The minimum Gasteiger partial charge on any atom is -0.342 e. The molecule has 21 heavy (non-hydrogen) atoms. The first-order valence-corrected chi connectivity index (χ1v) is 7.35. The van der Waals surface area contributed by atoms with Gasteiger partial charge in [0.2, 0.25) is 11.8 Å². The Morgan fingerprint density at radius 1 is 1.29 bits per heavy atom. The second-order valence-corrected chi connectivity index (χ2v) is 6.53. The van der Waals surface area contributed by atoms with Gasteiger partial charge in [-0.25, -0.2) is 0 Å². The lowest BCUT2D eigenvalue weighted by Crippen LogP contribution is -2.66. The Kier molecular flexibility index (Phi) is 4.30. The van der Waals surface area contributed by atoms with Gasteiger partial charge in [0.05, 0.1) is 12.2 Å². The van der Waals surface area contributed by atoms with E-state index in [1.54, 1.807) is 11.1 Å². The molecule has 2 unspecified atom stereocenters. The van der Waals surface area contributed by atoms with Crippen LogP contribution in [0, 0.1) is 5.41 Å². The zero-order valence-corrected chi connectivity index (χ0v) is 13.1. The molecule has 1 aromatic rings. The van der Waals surface area contributed by atoms with Crippen LogP contribution in [-0.4, -0.2) is 33.8 Å². The number of hydrogen-bond donors (Lipinski definition) is 1. The third-order valence-corrected chi connectivity index (χ3v) is 3.74. The van der Waals surface area contributed by atoms with E-state index in [-0.39, 0.29) is 17.2 Å². The van der Waals surface area contributed by atoms with Crippen LogP contribution in [0.1, 0.15) is 39.8 Å². The molecule has 1 aromatic heterocycles. The van der Waals surface area contributed by atoms with Crippen LogP contribution in [-0.2, 0) is 16.1 Å². The first-order valence-electron chi connectivity index (χ1n) is 7.35. The van der Waals surface area contributed by atoms with Crippen molar-refractivity contribution in [2.45, 2.75) is 52.7 Å². The number of amides is 2. The number of hydrogen-bond acceptors (Lipinski definition) is 3. The molecule has 2 amide bonds. The van der Waals surface area contributed by atoms with E-state index in [1.165, 1.54) is 0 Å². The van der Waals surface area contributed by atoms with E-state index >= 15 is 0 Å². The molecule has 1 N–H and O–H groups in total. The van der Waals surface area contributed by atoms with Gasteiger partial charge in [-0.05, 0) is 24.0 Å². The maximum absolute atomic E-state index is 12.6. The van der Waals surface area contributed by atoms with E-state index in [0.29, 0.717) is 13.0 Å². The Morgan fingerprint density at radius 3 is 2.52 bits per heavy atom. The van der Waals surface area contributed by atoms with Crippen molar-refractivity contribution in [3.8, 4) is 0 Å². The highest BCUT2D eigenvalue weighted by atomic mass is 16.2.